The van der Waals surface area contributed by atoms with E-state index in [-0.39, 0.29) is 24.5 Å². The molecule has 1 aromatic carbocycles. The minimum Gasteiger partial charge on any atom is -0.454 e. The van der Waals surface area contributed by atoms with Crippen LogP contribution in [0, 0.1) is 6.92 Å². The number of ether oxygens (including phenoxy) is 2. The molecule has 3 aromatic heterocycles. The summed E-state index contributed by atoms with van der Waals surface area (Å²) in [6.45, 7) is 2.18. The van der Waals surface area contributed by atoms with Crippen molar-refractivity contribution in [1.82, 2.24) is 24.7 Å². The molecule has 4 heterocycles. The molecular weight excluding hydrogens is 502 g/mol. The van der Waals surface area contributed by atoms with Gasteiger partial charge in [-0.3, -0.25) is 9.97 Å². The number of H-pyrrole nitrogens is 1. The highest BCUT2D eigenvalue weighted by Crippen LogP contribution is 2.40. The number of rotatable bonds is 7. The topological polar surface area (TPSA) is 119 Å². The molecule has 0 unspecified atom stereocenters. The second-order valence-corrected chi connectivity index (χ2v) is 11.6. The first-order valence-corrected chi connectivity index (χ1v) is 14.4. The van der Waals surface area contributed by atoms with Crippen molar-refractivity contribution >= 4 is 10.0 Å². The molecule has 1 fully saturated rings. The van der Waals surface area contributed by atoms with Crippen molar-refractivity contribution in [3.63, 3.8) is 0 Å². The summed E-state index contributed by atoms with van der Waals surface area (Å²) in [6, 6.07) is 17.0. The molecule has 4 aromatic rings. The average molecular weight is 532 g/mol. The van der Waals surface area contributed by atoms with Gasteiger partial charge in [-0.25, -0.2) is 18.1 Å². The molecule has 10 heteroatoms. The zero-order chi connectivity index (χ0) is 26.1. The fourth-order valence-corrected chi connectivity index (χ4v) is 6.55. The van der Waals surface area contributed by atoms with Gasteiger partial charge < -0.3 is 14.5 Å². The first-order chi connectivity index (χ1) is 18.4. The van der Waals surface area contributed by atoms with Crippen LogP contribution in [0.4, 0.5) is 0 Å². The third-order valence-corrected chi connectivity index (χ3v) is 8.41. The summed E-state index contributed by atoms with van der Waals surface area (Å²) in [5.41, 5.74) is 4.89. The molecular formula is C28H29N5O4S. The number of aromatic amines is 1. The van der Waals surface area contributed by atoms with Gasteiger partial charge in [-0.05, 0) is 75.1 Å². The van der Waals surface area contributed by atoms with Gasteiger partial charge in [0.25, 0.3) is 0 Å². The molecule has 38 heavy (non-hydrogen) atoms. The Kier molecular flexibility index (Phi) is 6.59. The number of pyridine rings is 2. The number of aryl methyl sites for hydroxylation is 1. The Morgan fingerprint density at radius 1 is 0.974 bits per heavy atom. The average Bonchev–Trinajstić information content (AvgIpc) is 3.56. The van der Waals surface area contributed by atoms with Crippen LogP contribution in [0.3, 0.4) is 0 Å². The number of imidazole rings is 1. The Morgan fingerprint density at radius 3 is 2.61 bits per heavy atom. The van der Waals surface area contributed by atoms with Gasteiger partial charge in [0.2, 0.25) is 16.8 Å². The van der Waals surface area contributed by atoms with Gasteiger partial charge in [0.15, 0.2) is 11.5 Å². The third kappa shape index (κ3) is 5.27. The Bertz CT molecular complexity index is 1550. The van der Waals surface area contributed by atoms with E-state index in [0.717, 1.165) is 65.6 Å². The summed E-state index contributed by atoms with van der Waals surface area (Å²) >= 11 is 0. The number of nitrogens with zero attached hydrogens (tertiary/aromatic N) is 3. The van der Waals surface area contributed by atoms with Crippen LogP contribution in [0.2, 0.25) is 0 Å². The molecule has 0 spiro atoms. The lowest BCUT2D eigenvalue weighted by Gasteiger charge is -2.27. The number of nitrogens with one attached hydrogen (secondary N) is 2. The molecule has 9 nitrogen and oxygen atoms in total. The molecule has 1 aliphatic carbocycles. The highest BCUT2D eigenvalue weighted by molar-refractivity contribution is 7.88. The van der Waals surface area contributed by atoms with Crippen LogP contribution in [-0.2, 0) is 15.8 Å². The molecule has 0 saturated heterocycles. The molecule has 1 aliphatic heterocycles. The summed E-state index contributed by atoms with van der Waals surface area (Å²) in [7, 11) is -3.47. The van der Waals surface area contributed by atoms with Crippen molar-refractivity contribution in [1.29, 1.82) is 0 Å². The van der Waals surface area contributed by atoms with Crippen molar-refractivity contribution in [2.24, 2.45) is 0 Å². The Hall–Kier alpha value is -3.76. The van der Waals surface area contributed by atoms with Crippen LogP contribution in [0.15, 0.2) is 60.8 Å². The summed E-state index contributed by atoms with van der Waals surface area (Å²) in [5, 5.41) is 0. The lowest BCUT2D eigenvalue weighted by atomic mass is 9.86. The zero-order valence-electron chi connectivity index (χ0n) is 21.1. The Balaban J connectivity index is 1.21. The third-order valence-electron chi connectivity index (χ3n) is 7.04. The minimum absolute atomic E-state index is 0.0961. The number of hydrogen-bond acceptors (Lipinski definition) is 7. The molecule has 0 amide bonds. The van der Waals surface area contributed by atoms with E-state index in [9.17, 15) is 8.42 Å². The van der Waals surface area contributed by atoms with E-state index in [1.165, 1.54) is 0 Å². The van der Waals surface area contributed by atoms with Crippen molar-refractivity contribution in [3.8, 4) is 34.1 Å². The predicted molar refractivity (Wildman–Crippen MR) is 143 cm³/mol. The standard InChI is InChI=1S/C28H29N5O4S/c1-18-5-4-7-23(30-18)27-26(20-10-13-24-25(15-20)37-17-36-24)31-28(32-27)19-8-11-21(12-9-19)33-38(34,35)16-22-6-2-3-14-29-22/h2-7,10,13-15,19,21,33H,8-9,11-12,16-17H2,1H3,(H,31,32). The van der Waals surface area contributed by atoms with Gasteiger partial charge in [-0.2, -0.15) is 0 Å². The number of benzene rings is 1. The molecule has 6 rings (SSSR count). The lowest BCUT2D eigenvalue weighted by molar-refractivity contribution is 0.174. The number of aromatic nitrogens is 4. The fraction of sp³-hybridized carbons (Fsp3) is 0.321. The monoisotopic (exact) mass is 531 g/mol. The largest absolute Gasteiger partial charge is 0.454 e. The Morgan fingerprint density at radius 2 is 1.82 bits per heavy atom. The summed E-state index contributed by atoms with van der Waals surface area (Å²) in [5.74, 6) is 2.40. The van der Waals surface area contributed by atoms with Crippen LogP contribution in [-0.4, -0.2) is 41.2 Å². The maximum Gasteiger partial charge on any atom is 0.231 e. The second kappa shape index (κ2) is 10.2. The van der Waals surface area contributed by atoms with Crippen LogP contribution in [0.25, 0.3) is 22.6 Å². The number of hydrogen-bond donors (Lipinski definition) is 2. The number of sulfonamides is 1. The van der Waals surface area contributed by atoms with Gasteiger partial charge in [-0.1, -0.05) is 12.1 Å². The Labute approximate surface area is 221 Å². The van der Waals surface area contributed by atoms with E-state index in [4.69, 9.17) is 19.4 Å². The molecule has 0 atom stereocenters. The molecule has 0 radical (unpaired) electrons. The minimum atomic E-state index is -3.47. The maximum atomic E-state index is 12.7. The highest BCUT2D eigenvalue weighted by Gasteiger charge is 2.29. The lowest BCUT2D eigenvalue weighted by Crippen LogP contribution is -2.38. The molecule has 2 N–H and O–H groups in total. The van der Waals surface area contributed by atoms with Crippen LogP contribution in [0.5, 0.6) is 11.5 Å². The van der Waals surface area contributed by atoms with Gasteiger partial charge in [-0.15, -0.1) is 0 Å². The number of fused-ring (bicyclic) bond motifs is 1. The van der Waals surface area contributed by atoms with Crippen molar-refractivity contribution in [2.75, 3.05) is 6.79 Å². The fourth-order valence-electron chi connectivity index (χ4n) is 5.16. The van der Waals surface area contributed by atoms with E-state index < -0.39 is 10.0 Å². The van der Waals surface area contributed by atoms with Crippen LogP contribution in [0.1, 0.15) is 48.8 Å². The van der Waals surface area contributed by atoms with E-state index in [1.54, 1.807) is 24.4 Å². The second-order valence-electron chi connectivity index (χ2n) is 9.82. The summed E-state index contributed by atoms with van der Waals surface area (Å²) in [4.78, 5) is 17.5. The SMILES string of the molecule is Cc1cccc(-c2[nH]c(C3CCC(NS(=O)(=O)Cc4ccccn4)CC3)nc2-c2ccc3c(c2)OCO3)n1. The maximum absolute atomic E-state index is 12.7. The van der Waals surface area contributed by atoms with E-state index in [2.05, 4.69) is 14.7 Å². The smallest absolute Gasteiger partial charge is 0.231 e. The van der Waals surface area contributed by atoms with Gasteiger partial charge >= 0.3 is 0 Å². The zero-order valence-corrected chi connectivity index (χ0v) is 21.9. The van der Waals surface area contributed by atoms with Gasteiger partial charge in [0.05, 0.1) is 22.8 Å². The summed E-state index contributed by atoms with van der Waals surface area (Å²) < 4.78 is 39.4. The molecule has 196 valence electrons. The molecule has 1 saturated carbocycles. The first-order valence-electron chi connectivity index (χ1n) is 12.8. The quantitative estimate of drug-likeness (QED) is 0.354. The summed E-state index contributed by atoms with van der Waals surface area (Å²) in [6.07, 6.45) is 4.74. The predicted octanol–water partition coefficient (Wildman–Crippen LogP) is 4.72. The normalized spacial score (nSPS) is 19.0. The van der Waals surface area contributed by atoms with Crippen molar-refractivity contribution in [3.05, 3.63) is 78.0 Å². The van der Waals surface area contributed by atoms with E-state index in [1.807, 2.05) is 43.3 Å². The van der Waals surface area contributed by atoms with Crippen LogP contribution >= 0.6 is 0 Å². The van der Waals surface area contributed by atoms with Crippen molar-refractivity contribution in [2.45, 2.75) is 50.3 Å². The van der Waals surface area contributed by atoms with Gasteiger partial charge in [0.1, 0.15) is 11.6 Å². The first kappa shape index (κ1) is 24.6. The molecule has 2 aliphatic rings. The highest BCUT2D eigenvalue weighted by atomic mass is 32.2. The van der Waals surface area contributed by atoms with Crippen LogP contribution < -0.4 is 14.2 Å². The van der Waals surface area contributed by atoms with Crippen molar-refractivity contribution < 1.29 is 17.9 Å². The van der Waals surface area contributed by atoms with E-state index in [0.29, 0.717) is 11.4 Å². The van der Waals surface area contributed by atoms with Gasteiger partial charge in [0, 0.05) is 29.4 Å². The van der Waals surface area contributed by atoms with E-state index >= 15 is 0 Å². The molecule has 0 bridgehead atoms.